The van der Waals surface area contributed by atoms with E-state index in [9.17, 15) is 0 Å². The Hall–Kier alpha value is 0.697. The van der Waals surface area contributed by atoms with E-state index in [-0.39, 0.29) is 0 Å². The molecule has 0 heterocycles. The third-order valence-electron chi connectivity index (χ3n) is 1.29. The Kier molecular flexibility index (Phi) is 3.99. The molecule has 8 heavy (non-hydrogen) atoms. The van der Waals surface area contributed by atoms with E-state index in [1.165, 1.54) is 17.4 Å². The molecule has 0 aliphatic carbocycles. The fraction of sp³-hybridized carbons (Fsp3) is 1.00. The fourth-order valence-corrected chi connectivity index (χ4v) is 3.07. The minimum absolute atomic E-state index is 0.761. The van der Waals surface area contributed by atoms with Crippen LogP contribution in [0.3, 0.4) is 0 Å². The first-order valence-corrected chi connectivity index (χ1v) is 7.72. The van der Waals surface area contributed by atoms with E-state index in [4.69, 9.17) is 0 Å². The Bertz CT molecular complexity index is 61.5. The van der Waals surface area contributed by atoms with Crippen molar-refractivity contribution in [3.8, 4) is 0 Å². The van der Waals surface area contributed by atoms with Gasteiger partial charge in [0.15, 0.2) is 0 Å². The lowest BCUT2D eigenvalue weighted by Gasteiger charge is -2.16. The summed E-state index contributed by atoms with van der Waals surface area (Å²) in [7, 11) is -0.761. The van der Waals surface area contributed by atoms with Crippen LogP contribution in [0.5, 0.6) is 0 Å². The van der Waals surface area contributed by atoms with Crippen LogP contribution in [0.4, 0.5) is 0 Å². The van der Waals surface area contributed by atoms with Gasteiger partial charge >= 0.3 is 0 Å². The average molecular weight is 195 g/mol. The molecule has 0 aliphatic rings. The predicted molar refractivity (Wildman–Crippen MR) is 46.4 cm³/mol. The van der Waals surface area contributed by atoms with Crippen molar-refractivity contribution < 1.29 is 0 Å². The molecule has 0 aromatic carbocycles. The summed E-state index contributed by atoms with van der Waals surface area (Å²) in [5, 5.41) is 0. The zero-order valence-electron chi connectivity index (χ0n) is 6.00. The van der Waals surface area contributed by atoms with Crippen LogP contribution in [0.25, 0.3) is 0 Å². The highest BCUT2D eigenvalue weighted by Gasteiger charge is 2.16. The van der Waals surface area contributed by atoms with Crippen molar-refractivity contribution in [3.05, 3.63) is 0 Å². The van der Waals surface area contributed by atoms with E-state index in [0.29, 0.717) is 0 Å². The standard InChI is InChI=1S/C6H15BrSi/c1-4-5-8(2,3)6-7/h4-6H2,1-3H3. The summed E-state index contributed by atoms with van der Waals surface area (Å²) >= 11 is 3.53. The largest absolute Gasteiger partial charge is 0.0962 e. The Morgan fingerprint density at radius 3 is 2.00 bits per heavy atom. The van der Waals surface area contributed by atoms with Crippen molar-refractivity contribution >= 4 is 24.0 Å². The molecule has 0 saturated heterocycles. The van der Waals surface area contributed by atoms with Crippen molar-refractivity contribution in [2.24, 2.45) is 0 Å². The first-order valence-electron chi connectivity index (χ1n) is 3.18. The fourth-order valence-electron chi connectivity index (χ4n) is 0.744. The van der Waals surface area contributed by atoms with Gasteiger partial charge in [-0.2, -0.15) is 0 Å². The monoisotopic (exact) mass is 194 g/mol. The van der Waals surface area contributed by atoms with E-state index in [1.54, 1.807) is 0 Å². The molecular weight excluding hydrogens is 180 g/mol. The molecule has 0 N–H and O–H groups in total. The van der Waals surface area contributed by atoms with E-state index in [0.717, 1.165) is 0 Å². The Balaban J connectivity index is 3.37. The van der Waals surface area contributed by atoms with Crippen LogP contribution in [-0.2, 0) is 0 Å². The maximum absolute atomic E-state index is 3.53. The lowest BCUT2D eigenvalue weighted by molar-refractivity contribution is 1.05. The molecule has 0 atom stereocenters. The van der Waals surface area contributed by atoms with Crippen molar-refractivity contribution in [1.29, 1.82) is 0 Å². The minimum atomic E-state index is -0.761. The molecule has 0 aromatic heterocycles. The van der Waals surface area contributed by atoms with Gasteiger partial charge in [0.25, 0.3) is 0 Å². The molecule has 0 radical (unpaired) electrons. The van der Waals surface area contributed by atoms with Gasteiger partial charge in [-0.05, 0) is 4.95 Å². The summed E-state index contributed by atoms with van der Waals surface area (Å²) in [6.45, 7) is 7.11. The Labute approximate surface area is 61.8 Å². The van der Waals surface area contributed by atoms with E-state index >= 15 is 0 Å². The predicted octanol–water partition coefficient (Wildman–Crippen LogP) is 3.04. The summed E-state index contributed by atoms with van der Waals surface area (Å²) in [5.41, 5.74) is 0. The van der Waals surface area contributed by atoms with Crippen molar-refractivity contribution in [3.63, 3.8) is 0 Å². The lowest BCUT2D eigenvalue weighted by Crippen LogP contribution is -2.26. The lowest BCUT2D eigenvalue weighted by atomic mass is 10.6. The summed E-state index contributed by atoms with van der Waals surface area (Å²) < 4.78 is 0. The minimum Gasteiger partial charge on any atom is -0.0962 e. The SMILES string of the molecule is CCC[Si](C)(C)CBr. The van der Waals surface area contributed by atoms with Gasteiger partial charge in [0, 0.05) is 0 Å². The van der Waals surface area contributed by atoms with Crippen molar-refractivity contribution in [1.82, 2.24) is 0 Å². The molecular formula is C6H15BrSi. The number of alkyl halides is 1. The molecule has 0 fully saturated rings. The second-order valence-electron chi connectivity index (χ2n) is 3.05. The van der Waals surface area contributed by atoms with Crippen molar-refractivity contribution in [2.75, 3.05) is 4.95 Å². The normalized spacial score (nSPS) is 12.0. The summed E-state index contributed by atoms with van der Waals surface area (Å²) in [6, 6.07) is 1.46. The van der Waals surface area contributed by atoms with E-state index in [1.807, 2.05) is 0 Å². The number of hydrogen-bond donors (Lipinski definition) is 0. The smallest absolute Gasteiger partial charge is 0.0587 e. The molecule has 2 heteroatoms. The number of rotatable bonds is 3. The second kappa shape index (κ2) is 3.67. The molecule has 0 nitrogen and oxygen atoms in total. The third kappa shape index (κ3) is 3.67. The molecule has 0 bridgehead atoms. The molecule has 0 aliphatic heterocycles. The van der Waals surface area contributed by atoms with Crippen LogP contribution in [-0.4, -0.2) is 13.0 Å². The second-order valence-corrected chi connectivity index (χ2v) is 9.83. The first kappa shape index (κ1) is 8.70. The van der Waals surface area contributed by atoms with Gasteiger partial charge in [0.1, 0.15) is 0 Å². The topological polar surface area (TPSA) is 0 Å². The van der Waals surface area contributed by atoms with Crippen LogP contribution in [0.15, 0.2) is 0 Å². The summed E-state index contributed by atoms with van der Waals surface area (Å²) in [4.78, 5) is 1.26. The first-order chi connectivity index (χ1) is 3.62. The van der Waals surface area contributed by atoms with Gasteiger partial charge in [-0.3, -0.25) is 0 Å². The van der Waals surface area contributed by atoms with Gasteiger partial charge < -0.3 is 0 Å². The van der Waals surface area contributed by atoms with Gasteiger partial charge in [-0.1, -0.05) is 48.4 Å². The van der Waals surface area contributed by atoms with Crippen LogP contribution in [0.1, 0.15) is 13.3 Å². The van der Waals surface area contributed by atoms with Crippen LogP contribution < -0.4 is 0 Å². The molecule has 0 saturated carbocycles. The Morgan fingerprint density at radius 1 is 1.38 bits per heavy atom. The molecule has 50 valence electrons. The summed E-state index contributed by atoms with van der Waals surface area (Å²) in [6.07, 6.45) is 1.35. The molecule has 0 rings (SSSR count). The summed E-state index contributed by atoms with van der Waals surface area (Å²) in [5.74, 6) is 0. The maximum Gasteiger partial charge on any atom is 0.0587 e. The van der Waals surface area contributed by atoms with Crippen LogP contribution in [0.2, 0.25) is 19.1 Å². The van der Waals surface area contributed by atoms with E-state index in [2.05, 4.69) is 35.9 Å². The third-order valence-corrected chi connectivity index (χ3v) is 8.42. The van der Waals surface area contributed by atoms with Gasteiger partial charge in [0.2, 0.25) is 0 Å². The average Bonchev–Trinajstić information content (AvgIpc) is 1.67. The molecule has 0 aromatic rings. The highest BCUT2D eigenvalue weighted by Crippen LogP contribution is 2.13. The van der Waals surface area contributed by atoms with Crippen LogP contribution in [0, 0.1) is 0 Å². The quantitative estimate of drug-likeness (QED) is 0.479. The number of halogens is 1. The van der Waals surface area contributed by atoms with Gasteiger partial charge in [0.05, 0.1) is 8.07 Å². The molecule has 0 unspecified atom stereocenters. The van der Waals surface area contributed by atoms with E-state index < -0.39 is 8.07 Å². The van der Waals surface area contributed by atoms with Gasteiger partial charge in [-0.25, -0.2) is 0 Å². The highest BCUT2D eigenvalue weighted by atomic mass is 79.9. The van der Waals surface area contributed by atoms with Crippen LogP contribution >= 0.6 is 15.9 Å². The molecule has 0 spiro atoms. The van der Waals surface area contributed by atoms with Crippen molar-refractivity contribution in [2.45, 2.75) is 32.5 Å². The zero-order chi connectivity index (χ0) is 6.62. The Morgan fingerprint density at radius 2 is 1.88 bits per heavy atom. The highest BCUT2D eigenvalue weighted by molar-refractivity contribution is 9.09. The van der Waals surface area contributed by atoms with Gasteiger partial charge in [-0.15, -0.1) is 0 Å². The maximum atomic E-state index is 3.53. The molecule has 0 amide bonds. The number of hydrogen-bond acceptors (Lipinski definition) is 0. The zero-order valence-corrected chi connectivity index (χ0v) is 8.59.